The van der Waals surface area contributed by atoms with Gasteiger partial charge in [0.15, 0.2) is 0 Å². The van der Waals surface area contributed by atoms with Crippen LogP contribution in [0.5, 0.6) is 0 Å². The van der Waals surface area contributed by atoms with E-state index in [0.29, 0.717) is 0 Å². The van der Waals surface area contributed by atoms with E-state index in [1.165, 1.54) is 87.2 Å². The first kappa shape index (κ1) is 28.6. The minimum Gasteiger partial charge on any atom is -0.311 e. The van der Waals surface area contributed by atoms with E-state index in [4.69, 9.17) is 0 Å². The number of hydrogen-bond donors (Lipinski definition) is 0. The highest BCUT2D eigenvalue weighted by Gasteiger charge is 2.50. The molecular formula is C49H31NS. The van der Waals surface area contributed by atoms with Crippen molar-refractivity contribution in [3.8, 4) is 11.1 Å². The van der Waals surface area contributed by atoms with Gasteiger partial charge < -0.3 is 4.90 Å². The normalized spacial score (nSPS) is 18.0. The third-order valence-electron chi connectivity index (χ3n) is 11.0. The summed E-state index contributed by atoms with van der Waals surface area (Å²) < 4.78 is 2.59. The van der Waals surface area contributed by atoms with Crippen molar-refractivity contribution >= 4 is 66.2 Å². The number of anilines is 2. The average molecular weight is 666 g/mol. The lowest BCUT2D eigenvalue weighted by molar-refractivity contribution is 0.677. The van der Waals surface area contributed by atoms with E-state index in [9.17, 15) is 0 Å². The van der Waals surface area contributed by atoms with E-state index in [0.717, 1.165) is 5.69 Å². The lowest BCUT2D eigenvalue weighted by atomic mass is 9.63. The van der Waals surface area contributed by atoms with E-state index >= 15 is 0 Å². The van der Waals surface area contributed by atoms with E-state index in [2.05, 4.69) is 193 Å². The summed E-state index contributed by atoms with van der Waals surface area (Å²) in [6.07, 6.45) is 16.8. The van der Waals surface area contributed by atoms with Crippen molar-refractivity contribution in [1.29, 1.82) is 0 Å². The van der Waals surface area contributed by atoms with Crippen molar-refractivity contribution in [2.24, 2.45) is 5.41 Å². The fourth-order valence-corrected chi connectivity index (χ4v) is 10.0. The van der Waals surface area contributed by atoms with Crippen LogP contribution in [0.3, 0.4) is 0 Å². The summed E-state index contributed by atoms with van der Waals surface area (Å²) in [7, 11) is 0. The molecule has 238 valence electrons. The molecule has 1 spiro atoms. The zero-order valence-corrected chi connectivity index (χ0v) is 28.6. The number of allylic oxidation sites excluding steroid dienone is 7. The van der Waals surface area contributed by atoms with Crippen molar-refractivity contribution < 1.29 is 0 Å². The number of benzene rings is 6. The molecule has 0 fully saturated rings. The lowest BCUT2D eigenvalue weighted by Crippen LogP contribution is -2.37. The van der Waals surface area contributed by atoms with Crippen LogP contribution in [0.4, 0.5) is 11.4 Å². The molecule has 0 N–H and O–H groups in total. The summed E-state index contributed by atoms with van der Waals surface area (Å²) in [5.41, 5.74) is 15.8. The minimum absolute atomic E-state index is 0.565. The highest BCUT2D eigenvalue weighted by Crippen LogP contribution is 2.64. The van der Waals surface area contributed by atoms with E-state index in [1.807, 2.05) is 11.3 Å². The molecule has 0 amide bonds. The van der Waals surface area contributed by atoms with E-state index in [-0.39, 0.29) is 0 Å². The molecule has 0 saturated heterocycles. The molecular weight excluding hydrogens is 635 g/mol. The van der Waals surface area contributed by atoms with Gasteiger partial charge in [-0.05, 0) is 92.6 Å². The maximum atomic E-state index is 2.60. The van der Waals surface area contributed by atoms with Crippen molar-refractivity contribution in [1.82, 2.24) is 0 Å². The first-order valence-electron chi connectivity index (χ1n) is 17.6. The Bertz CT molecular complexity index is 2780. The minimum atomic E-state index is -0.565. The number of fused-ring (bicyclic) bond motifs is 11. The Morgan fingerprint density at radius 2 is 1.08 bits per heavy atom. The maximum absolute atomic E-state index is 2.60. The molecule has 1 unspecified atom stereocenters. The second-order valence-corrected chi connectivity index (χ2v) is 14.7. The zero-order chi connectivity index (χ0) is 33.5. The highest BCUT2D eigenvalue weighted by molar-refractivity contribution is 7.26. The van der Waals surface area contributed by atoms with Crippen molar-refractivity contribution in [2.45, 2.75) is 0 Å². The van der Waals surface area contributed by atoms with Crippen molar-refractivity contribution in [3.63, 3.8) is 0 Å². The topological polar surface area (TPSA) is 3.24 Å². The van der Waals surface area contributed by atoms with Gasteiger partial charge in [0.2, 0.25) is 0 Å². The Hall–Kier alpha value is -6.22. The Balaban J connectivity index is 1.26. The SMILES string of the molecule is C1=CC2(C3=Cc4ccccc4C3=C1)C1=Cc3ccccc3C1=CC=C2N(c1ccccc1-c1ccccc1)c1cccc2sc3ccccc3c12. The van der Waals surface area contributed by atoms with Gasteiger partial charge in [-0.2, -0.15) is 0 Å². The second-order valence-electron chi connectivity index (χ2n) is 13.6. The standard InChI is InChI=1S/C49H31NS/c1-2-14-32(15-3-1)37-20-8-10-23-43(37)50(44-24-12-26-46-48(44)40-21-9-11-25-45(40)51-46)47-28-27-39-36-19-7-5-17-34(36)31-42(39)49(47)29-13-22-38-35-18-6-4-16-33(35)30-41(38)49/h1-31H. The Kier molecular flexibility index (Phi) is 6.11. The van der Waals surface area contributed by atoms with Crippen LogP contribution in [0.2, 0.25) is 0 Å². The van der Waals surface area contributed by atoms with E-state index < -0.39 is 5.41 Å². The molecule has 51 heavy (non-hydrogen) atoms. The van der Waals surface area contributed by atoms with Gasteiger partial charge in [-0.15, -0.1) is 11.3 Å². The number of rotatable bonds is 4. The van der Waals surface area contributed by atoms with Crippen LogP contribution in [0.1, 0.15) is 22.3 Å². The molecule has 1 aromatic heterocycles. The molecule has 7 aromatic rings. The first-order valence-corrected chi connectivity index (χ1v) is 18.4. The smallest absolute Gasteiger partial charge is 0.0803 e. The molecule has 0 radical (unpaired) electrons. The molecule has 1 heterocycles. The quantitative estimate of drug-likeness (QED) is 0.181. The monoisotopic (exact) mass is 665 g/mol. The molecule has 1 nitrogen and oxygen atoms in total. The van der Waals surface area contributed by atoms with Gasteiger partial charge in [0, 0.05) is 31.4 Å². The number of para-hydroxylation sites is 1. The third kappa shape index (κ3) is 4.03. The molecule has 11 rings (SSSR count). The van der Waals surface area contributed by atoms with Gasteiger partial charge in [0.1, 0.15) is 0 Å². The van der Waals surface area contributed by atoms with Gasteiger partial charge in [0.05, 0.1) is 16.8 Å². The summed E-state index contributed by atoms with van der Waals surface area (Å²) in [5, 5.41) is 2.58. The van der Waals surface area contributed by atoms with Crippen LogP contribution in [0.15, 0.2) is 193 Å². The summed E-state index contributed by atoms with van der Waals surface area (Å²) in [5.74, 6) is 0. The van der Waals surface area contributed by atoms with Crippen molar-refractivity contribution in [2.75, 3.05) is 4.90 Å². The summed E-state index contributed by atoms with van der Waals surface area (Å²) in [6.45, 7) is 0. The molecule has 2 heteroatoms. The van der Waals surface area contributed by atoms with Crippen LogP contribution < -0.4 is 4.90 Å². The predicted octanol–water partition coefficient (Wildman–Crippen LogP) is 13.3. The van der Waals surface area contributed by atoms with E-state index in [1.54, 1.807) is 0 Å². The van der Waals surface area contributed by atoms with Crippen LogP contribution >= 0.6 is 11.3 Å². The Morgan fingerprint density at radius 3 is 1.86 bits per heavy atom. The molecule has 1 atom stereocenters. The summed E-state index contributed by atoms with van der Waals surface area (Å²) in [6, 6.07) is 53.2. The molecule has 0 bridgehead atoms. The maximum Gasteiger partial charge on any atom is 0.0803 e. The van der Waals surface area contributed by atoms with Crippen LogP contribution in [-0.4, -0.2) is 0 Å². The molecule has 0 aliphatic heterocycles. The van der Waals surface area contributed by atoms with Gasteiger partial charge in [-0.3, -0.25) is 0 Å². The molecule has 4 aliphatic carbocycles. The van der Waals surface area contributed by atoms with Crippen LogP contribution in [-0.2, 0) is 0 Å². The second kappa shape index (κ2) is 10.9. The largest absolute Gasteiger partial charge is 0.311 e. The highest BCUT2D eigenvalue weighted by atomic mass is 32.1. The third-order valence-corrected chi connectivity index (χ3v) is 12.2. The Labute approximate surface area is 301 Å². The number of hydrogen-bond acceptors (Lipinski definition) is 2. The Morgan fingerprint density at radius 1 is 0.471 bits per heavy atom. The summed E-state index contributed by atoms with van der Waals surface area (Å²) >= 11 is 1.87. The van der Waals surface area contributed by atoms with Gasteiger partial charge >= 0.3 is 0 Å². The fourth-order valence-electron chi connectivity index (χ4n) is 8.89. The average Bonchev–Trinajstić information content (AvgIpc) is 3.89. The number of thiophene rings is 1. The first-order chi connectivity index (χ1) is 25.3. The molecule has 0 saturated carbocycles. The number of nitrogens with zero attached hydrogens (tertiary/aromatic N) is 1. The molecule has 6 aromatic carbocycles. The summed E-state index contributed by atoms with van der Waals surface area (Å²) in [4.78, 5) is 2.60. The molecule has 4 aliphatic rings. The van der Waals surface area contributed by atoms with Crippen LogP contribution in [0.25, 0.3) is 54.6 Å². The fraction of sp³-hybridized carbons (Fsp3) is 0.0204. The lowest BCUT2D eigenvalue weighted by Gasteiger charge is -2.46. The van der Waals surface area contributed by atoms with Gasteiger partial charge in [0.25, 0.3) is 0 Å². The van der Waals surface area contributed by atoms with Gasteiger partial charge in [-0.25, -0.2) is 0 Å². The predicted molar refractivity (Wildman–Crippen MR) is 218 cm³/mol. The zero-order valence-electron chi connectivity index (χ0n) is 27.8. The van der Waals surface area contributed by atoms with Gasteiger partial charge in [-0.1, -0.05) is 146 Å². The van der Waals surface area contributed by atoms with Crippen molar-refractivity contribution in [3.05, 3.63) is 215 Å². The van der Waals surface area contributed by atoms with Crippen LogP contribution in [0, 0.1) is 5.41 Å².